The maximum absolute atomic E-state index is 5.66. The fourth-order valence-electron chi connectivity index (χ4n) is 2.64. The summed E-state index contributed by atoms with van der Waals surface area (Å²) in [5, 5.41) is 7.51. The highest BCUT2D eigenvalue weighted by atomic mass is 16.5. The number of methoxy groups -OCH3 is 1. The van der Waals surface area contributed by atoms with Crippen LogP contribution in [-0.4, -0.2) is 29.8 Å². The van der Waals surface area contributed by atoms with Crippen molar-refractivity contribution in [1.29, 1.82) is 0 Å². The Labute approximate surface area is 115 Å². The molecular weight excluding hydrogens is 242 g/mol. The summed E-state index contributed by atoms with van der Waals surface area (Å²) < 4.78 is 11.0. The van der Waals surface area contributed by atoms with E-state index in [1.54, 1.807) is 7.11 Å². The Morgan fingerprint density at radius 2 is 2.11 bits per heavy atom. The third-order valence-electron chi connectivity index (χ3n) is 3.80. The van der Waals surface area contributed by atoms with E-state index < -0.39 is 0 Å². The molecule has 0 bridgehead atoms. The molecule has 0 saturated heterocycles. The highest BCUT2D eigenvalue weighted by molar-refractivity contribution is 5.04. The number of ether oxygens (including phenoxy) is 1. The zero-order valence-corrected chi connectivity index (χ0v) is 12.2. The van der Waals surface area contributed by atoms with Crippen LogP contribution in [0.1, 0.15) is 57.7 Å². The van der Waals surface area contributed by atoms with E-state index >= 15 is 0 Å². The first-order valence-electron chi connectivity index (χ1n) is 7.28. The first-order valence-corrected chi connectivity index (χ1v) is 7.28. The summed E-state index contributed by atoms with van der Waals surface area (Å²) in [6.45, 7) is 5.27. The van der Waals surface area contributed by atoms with Gasteiger partial charge in [0.1, 0.15) is 5.60 Å². The Bertz CT molecular complexity index is 384. The molecule has 1 saturated carbocycles. The maximum Gasteiger partial charge on any atom is 0.226 e. The van der Waals surface area contributed by atoms with Gasteiger partial charge >= 0.3 is 0 Å². The monoisotopic (exact) mass is 267 g/mol. The Hall–Kier alpha value is -0.940. The smallest absolute Gasteiger partial charge is 0.226 e. The lowest BCUT2D eigenvalue weighted by molar-refractivity contribution is -0.0178. The predicted molar refractivity (Wildman–Crippen MR) is 72.9 cm³/mol. The van der Waals surface area contributed by atoms with E-state index in [2.05, 4.69) is 29.3 Å². The van der Waals surface area contributed by atoms with Crippen molar-refractivity contribution < 1.29 is 9.26 Å². The normalized spacial score (nSPS) is 18.3. The van der Waals surface area contributed by atoms with E-state index in [1.807, 2.05) is 0 Å². The molecule has 1 aromatic rings. The van der Waals surface area contributed by atoms with Crippen molar-refractivity contribution in [2.45, 2.75) is 64.0 Å². The van der Waals surface area contributed by atoms with Gasteiger partial charge in [0.2, 0.25) is 11.7 Å². The van der Waals surface area contributed by atoms with Crippen LogP contribution in [0.4, 0.5) is 0 Å². The van der Waals surface area contributed by atoms with Crippen LogP contribution in [0.5, 0.6) is 0 Å². The van der Waals surface area contributed by atoms with Gasteiger partial charge < -0.3 is 14.6 Å². The zero-order chi connectivity index (χ0) is 13.7. The highest BCUT2D eigenvalue weighted by Crippen LogP contribution is 2.40. The molecule has 2 rings (SSSR count). The van der Waals surface area contributed by atoms with Crippen LogP contribution in [0.15, 0.2) is 4.52 Å². The Balaban J connectivity index is 1.88. The fourth-order valence-corrected chi connectivity index (χ4v) is 2.64. The van der Waals surface area contributed by atoms with Gasteiger partial charge in [-0.05, 0) is 38.6 Å². The third kappa shape index (κ3) is 3.54. The number of aromatic nitrogens is 2. The summed E-state index contributed by atoms with van der Waals surface area (Å²) in [6, 6.07) is 0.522. The van der Waals surface area contributed by atoms with Gasteiger partial charge in [-0.3, -0.25) is 0 Å². The fraction of sp³-hybridized carbons (Fsp3) is 0.857. The molecule has 0 spiro atoms. The number of nitrogens with one attached hydrogen (secondary N) is 1. The summed E-state index contributed by atoms with van der Waals surface area (Å²) in [5.41, 5.74) is -0.294. The molecule has 0 unspecified atom stereocenters. The maximum atomic E-state index is 5.66. The van der Waals surface area contributed by atoms with Crippen LogP contribution in [0.25, 0.3) is 0 Å². The average molecular weight is 267 g/mol. The van der Waals surface area contributed by atoms with Gasteiger partial charge in [0.25, 0.3) is 0 Å². The second-order valence-corrected chi connectivity index (χ2v) is 5.63. The predicted octanol–water partition coefficient (Wildman–Crippen LogP) is 2.42. The minimum absolute atomic E-state index is 0.294. The van der Waals surface area contributed by atoms with Crippen LogP contribution in [0.3, 0.4) is 0 Å². The number of rotatable bonds is 7. The van der Waals surface area contributed by atoms with E-state index in [0.717, 1.165) is 43.9 Å². The third-order valence-corrected chi connectivity index (χ3v) is 3.80. The molecule has 5 nitrogen and oxygen atoms in total. The molecule has 1 aromatic heterocycles. The minimum atomic E-state index is -0.294. The first kappa shape index (κ1) is 14.5. The van der Waals surface area contributed by atoms with E-state index in [1.165, 1.54) is 12.8 Å². The van der Waals surface area contributed by atoms with Crippen LogP contribution >= 0.6 is 0 Å². The SMILES string of the molecule is COC1(c2noc(CCCNC(C)C)n2)CCCC1. The molecule has 1 aliphatic carbocycles. The highest BCUT2D eigenvalue weighted by Gasteiger charge is 2.40. The molecule has 1 aliphatic rings. The van der Waals surface area contributed by atoms with Gasteiger partial charge in [0.05, 0.1) is 0 Å². The molecule has 19 heavy (non-hydrogen) atoms. The molecule has 5 heteroatoms. The molecule has 0 aromatic carbocycles. The zero-order valence-electron chi connectivity index (χ0n) is 12.2. The lowest BCUT2D eigenvalue weighted by Crippen LogP contribution is -2.26. The van der Waals surface area contributed by atoms with E-state index in [9.17, 15) is 0 Å². The van der Waals surface area contributed by atoms with Gasteiger partial charge in [0.15, 0.2) is 0 Å². The topological polar surface area (TPSA) is 60.2 Å². The average Bonchev–Trinajstić information content (AvgIpc) is 3.04. The first-order chi connectivity index (χ1) is 9.16. The van der Waals surface area contributed by atoms with Crippen molar-refractivity contribution in [3.63, 3.8) is 0 Å². The number of nitrogens with zero attached hydrogens (tertiary/aromatic N) is 2. The number of hydrogen-bond acceptors (Lipinski definition) is 5. The second kappa shape index (κ2) is 6.48. The number of hydrogen-bond donors (Lipinski definition) is 1. The van der Waals surface area contributed by atoms with Crippen molar-refractivity contribution in [3.05, 3.63) is 11.7 Å². The van der Waals surface area contributed by atoms with Gasteiger partial charge in [-0.1, -0.05) is 19.0 Å². The summed E-state index contributed by atoms with van der Waals surface area (Å²) in [6.07, 6.45) is 6.19. The van der Waals surface area contributed by atoms with Gasteiger partial charge in [-0.15, -0.1) is 0 Å². The van der Waals surface area contributed by atoms with Gasteiger partial charge in [0, 0.05) is 19.6 Å². The van der Waals surface area contributed by atoms with Crippen molar-refractivity contribution in [3.8, 4) is 0 Å². The molecule has 1 fully saturated rings. The Morgan fingerprint density at radius 3 is 2.74 bits per heavy atom. The Kier molecular flexibility index (Phi) is 4.93. The minimum Gasteiger partial charge on any atom is -0.370 e. The second-order valence-electron chi connectivity index (χ2n) is 5.63. The van der Waals surface area contributed by atoms with Crippen molar-refractivity contribution in [2.24, 2.45) is 0 Å². The molecule has 0 radical (unpaired) electrons. The van der Waals surface area contributed by atoms with Crippen molar-refractivity contribution in [2.75, 3.05) is 13.7 Å². The van der Waals surface area contributed by atoms with Gasteiger partial charge in [-0.25, -0.2) is 0 Å². The summed E-state index contributed by atoms with van der Waals surface area (Å²) in [4.78, 5) is 4.52. The number of aryl methyl sites for hydroxylation is 1. The van der Waals surface area contributed by atoms with Crippen LogP contribution in [0.2, 0.25) is 0 Å². The molecule has 1 heterocycles. The van der Waals surface area contributed by atoms with Gasteiger partial charge in [-0.2, -0.15) is 4.98 Å². The van der Waals surface area contributed by atoms with E-state index in [-0.39, 0.29) is 5.60 Å². The van der Waals surface area contributed by atoms with E-state index in [4.69, 9.17) is 9.26 Å². The molecule has 0 amide bonds. The quantitative estimate of drug-likeness (QED) is 0.769. The van der Waals surface area contributed by atoms with Crippen LogP contribution in [-0.2, 0) is 16.8 Å². The lowest BCUT2D eigenvalue weighted by Gasteiger charge is -2.22. The van der Waals surface area contributed by atoms with E-state index in [0.29, 0.717) is 6.04 Å². The Morgan fingerprint density at radius 1 is 1.37 bits per heavy atom. The van der Waals surface area contributed by atoms with Crippen LogP contribution in [0, 0.1) is 0 Å². The molecule has 0 atom stereocenters. The lowest BCUT2D eigenvalue weighted by atomic mass is 10.0. The van der Waals surface area contributed by atoms with Crippen molar-refractivity contribution in [1.82, 2.24) is 15.5 Å². The van der Waals surface area contributed by atoms with Crippen molar-refractivity contribution >= 4 is 0 Å². The summed E-state index contributed by atoms with van der Waals surface area (Å²) in [7, 11) is 1.74. The summed E-state index contributed by atoms with van der Waals surface area (Å²) >= 11 is 0. The largest absolute Gasteiger partial charge is 0.370 e. The molecule has 1 N–H and O–H groups in total. The standard InChI is InChI=1S/C14H25N3O2/c1-11(2)15-10-6-7-12-16-13(17-19-12)14(18-3)8-4-5-9-14/h11,15H,4-10H2,1-3H3. The molecular formula is C14H25N3O2. The van der Waals surface area contributed by atoms with Crippen LogP contribution < -0.4 is 5.32 Å². The summed E-state index contributed by atoms with van der Waals surface area (Å²) in [5.74, 6) is 1.46. The molecule has 0 aliphatic heterocycles. The molecule has 108 valence electrons.